The second kappa shape index (κ2) is 54.4. The van der Waals surface area contributed by atoms with E-state index in [2.05, 4.69) is 27.7 Å². The van der Waals surface area contributed by atoms with E-state index in [1.807, 2.05) is 0 Å². The van der Waals surface area contributed by atoms with Crippen LogP contribution in [0.15, 0.2) is 0 Å². The summed E-state index contributed by atoms with van der Waals surface area (Å²) in [6.45, 7) is 9.07. The summed E-state index contributed by atoms with van der Waals surface area (Å²) in [5, 5.41) is 0. The maximum Gasteiger partial charge on any atom is 0.306 e. The number of hydrogen-bond donors (Lipinski definition) is 0. The van der Waals surface area contributed by atoms with E-state index in [1.165, 1.54) is 238 Å². The number of rotatable bonds is 55. The van der Waals surface area contributed by atoms with E-state index >= 15 is 0 Å². The van der Waals surface area contributed by atoms with E-state index in [4.69, 9.17) is 14.2 Å². The summed E-state index contributed by atoms with van der Waals surface area (Å²) in [5.41, 5.74) is 0. The highest BCUT2D eigenvalue weighted by molar-refractivity contribution is 5.71. The van der Waals surface area contributed by atoms with Crippen LogP contribution < -0.4 is 0 Å². The predicted molar refractivity (Wildman–Crippen MR) is 284 cm³/mol. The van der Waals surface area contributed by atoms with Crippen LogP contribution in [0.3, 0.4) is 0 Å². The van der Waals surface area contributed by atoms with Crippen LogP contribution in [0.5, 0.6) is 0 Å². The van der Waals surface area contributed by atoms with Crippen LogP contribution in [0.2, 0.25) is 0 Å². The highest BCUT2D eigenvalue weighted by Gasteiger charge is 2.19. The molecule has 0 amide bonds. The Labute approximate surface area is 412 Å². The minimum atomic E-state index is -0.761. The van der Waals surface area contributed by atoms with Gasteiger partial charge in [-0.3, -0.25) is 14.4 Å². The zero-order valence-corrected chi connectivity index (χ0v) is 45.2. The van der Waals surface area contributed by atoms with Crippen molar-refractivity contribution in [2.24, 2.45) is 5.92 Å². The first kappa shape index (κ1) is 64.4. The molecule has 0 saturated carbocycles. The zero-order valence-electron chi connectivity index (χ0n) is 45.2. The molecule has 1 atom stereocenters. The normalized spacial score (nSPS) is 12.0. The molecule has 0 unspecified atom stereocenters. The molecule has 0 fully saturated rings. The highest BCUT2D eigenvalue weighted by Crippen LogP contribution is 2.18. The van der Waals surface area contributed by atoms with Crippen molar-refractivity contribution < 1.29 is 28.6 Å². The van der Waals surface area contributed by atoms with Gasteiger partial charge in [0, 0.05) is 19.3 Å². The Kier molecular flexibility index (Phi) is 53.0. The fourth-order valence-corrected chi connectivity index (χ4v) is 9.28. The number of carbonyl (C=O) groups excluding carboxylic acids is 3. The smallest absolute Gasteiger partial charge is 0.306 e. The van der Waals surface area contributed by atoms with Gasteiger partial charge in [-0.05, 0) is 25.2 Å². The average molecular weight is 934 g/mol. The first-order chi connectivity index (χ1) is 32.4. The molecule has 0 aliphatic carbocycles. The van der Waals surface area contributed by atoms with Crippen LogP contribution in [-0.4, -0.2) is 37.2 Å². The quantitative estimate of drug-likeness (QED) is 0.0343. The fraction of sp³-hybridized carbons (Fsp3) is 0.950. The van der Waals surface area contributed by atoms with Crippen LogP contribution in [0.4, 0.5) is 0 Å². The lowest BCUT2D eigenvalue weighted by Crippen LogP contribution is -2.30. The Balaban J connectivity index is 4.24. The summed E-state index contributed by atoms with van der Waals surface area (Å²) in [6.07, 6.45) is 59.5. The fourth-order valence-electron chi connectivity index (χ4n) is 9.28. The Morgan fingerprint density at radius 2 is 0.500 bits per heavy atom. The van der Waals surface area contributed by atoms with E-state index in [9.17, 15) is 14.4 Å². The zero-order chi connectivity index (χ0) is 48.1. The molecule has 66 heavy (non-hydrogen) atoms. The topological polar surface area (TPSA) is 78.9 Å². The van der Waals surface area contributed by atoms with Crippen molar-refractivity contribution in [2.45, 2.75) is 348 Å². The molecule has 6 heteroatoms. The standard InChI is InChI=1S/C60H116O6/c1-5-7-9-11-13-15-17-19-20-21-22-25-28-32-35-39-43-47-51-58(61)64-54-57(66-60(63)53-49-45-41-37-31-18-16-14-12-10-8-6-2)55-65-59(62)52-48-44-40-36-33-29-26-23-24-27-30-34-38-42-46-50-56(3)4/h56-57H,5-55H2,1-4H3/t57-/m1/s1. The van der Waals surface area contributed by atoms with Gasteiger partial charge in [-0.2, -0.15) is 0 Å². The summed E-state index contributed by atoms with van der Waals surface area (Å²) in [7, 11) is 0. The summed E-state index contributed by atoms with van der Waals surface area (Å²) in [5.74, 6) is 0.0159. The molecule has 0 aliphatic heterocycles. The maximum absolute atomic E-state index is 12.8. The molecule has 0 aliphatic rings. The minimum absolute atomic E-state index is 0.0616. The van der Waals surface area contributed by atoms with Gasteiger partial charge >= 0.3 is 17.9 Å². The minimum Gasteiger partial charge on any atom is -0.462 e. The van der Waals surface area contributed by atoms with Crippen molar-refractivity contribution in [2.75, 3.05) is 13.2 Å². The van der Waals surface area contributed by atoms with Crippen molar-refractivity contribution >= 4 is 17.9 Å². The summed E-state index contributed by atoms with van der Waals surface area (Å²) in [6, 6.07) is 0. The van der Waals surface area contributed by atoms with Gasteiger partial charge in [-0.15, -0.1) is 0 Å². The van der Waals surface area contributed by atoms with Crippen molar-refractivity contribution in [1.29, 1.82) is 0 Å². The monoisotopic (exact) mass is 933 g/mol. The van der Waals surface area contributed by atoms with Gasteiger partial charge in [0.1, 0.15) is 13.2 Å². The summed E-state index contributed by atoms with van der Waals surface area (Å²) < 4.78 is 16.9. The second-order valence-corrected chi connectivity index (χ2v) is 21.1. The lowest BCUT2D eigenvalue weighted by atomic mass is 10.0. The lowest BCUT2D eigenvalue weighted by molar-refractivity contribution is -0.167. The third-order valence-corrected chi connectivity index (χ3v) is 13.8. The number of esters is 3. The first-order valence-electron chi connectivity index (χ1n) is 29.9. The van der Waals surface area contributed by atoms with E-state index < -0.39 is 6.10 Å². The first-order valence-corrected chi connectivity index (χ1v) is 29.9. The van der Waals surface area contributed by atoms with E-state index in [0.717, 1.165) is 63.7 Å². The second-order valence-electron chi connectivity index (χ2n) is 21.1. The largest absolute Gasteiger partial charge is 0.462 e. The van der Waals surface area contributed by atoms with Crippen molar-refractivity contribution in [1.82, 2.24) is 0 Å². The molecule has 0 saturated heterocycles. The van der Waals surface area contributed by atoms with Gasteiger partial charge in [0.2, 0.25) is 0 Å². The van der Waals surface area contributed by atoms with E-state index in [0.29, 0.717) is 19.3 Å². The predicted octanol–water partition coefficient (Wildman–Crippen LogP) is 19.8. The van der Waals surface area contributed by atoms with Gasteiger partial charge in [0.15, 0.2) is 6.10 Å². The van der Waals surface area contributed by atoms with E-state index in [1.54, 1.807) is 0 Å². The molecule has 0 heterocycles. The molecule has 0 aromatic heterocycles. The molecule has 0 spiro atoms. The Bertz CT molecular complexity index is 996. The lowest BCUT2D eigenvalue weighted by Gasteiger charge is -2.18. The molecule has 0 radical (unpaired) electrons. The number of ether oxygens (including phenoxy) is 3. The maximum atomic E-state index is 12.8. The van der Waals surface area contributed by atoms with Crippen molar-refractivity contribution in [3.05, 3.63) is 0 Å². The molecule has 0 N–H and O–H groups in total. The van der Waals surface area contributed by atoms with Gasteiger partial charge in [-0.25, -0.2) is 0 Å². The third kappa shape index (κ3) is 53.4. The average Bonchev–Trinajstić information content (AvgIpc) is 3.30. The van der Waals surface area contributed by atoms with Gasteiger partial charge in [0.05, 0.1) is 0 Å². The van der Waals surface area contributed by atoms with Crippen molar-refractivity contribution in [3.63, 3.8) is 0 Å². The van der Waals surface area contributed by atoms with Gasteiger partial charge in [-0.1, -0.05) is 304 Å². The summed E-state index contributed by atoms with van der Waals surface area (Å²) >= 11 is 0. The highest BCUT2D eigenvalue weighted by atomic mass is 16.6. The molecule has 0 rings (SSSR count). The molecule has 0 bridgehead atoms. The number of carbonyl (C=O) groups is 3. The molecular weight excluding hydrogens is 817 g/mol. The Morgan fingerprint density at radius 1 is 0.288 bits per heavy atom. The van der Waals surface area contributed by atoms with Crippen LogP contribution in [0.1, 0.15) is 342 Å². The van der Waals surface area contributed by atoms with Crippen LogP contribution >= 0.6 is 0 Å². The molecule has 392 valence electrons. The van der Waals surface area contributed by atoms with Crippen LogP contribution in [0, 0.1) is 5.92 Å². The Hall–Kier alpha value is -1.59. The summed E-state index contributed by atoms with van der Waals surface area (Å²) in [4.78, 5) is 38.2. The molecule has 6 nitrogen and oxygen atoms in total. The van der Waals surface area contributed by atoms with Crippen molar-refractivity contribution in [3.8, 4) is 0 Å². The number of unbranched alkanes of at least 4 members (excludes halogenated alkanes) is 42. The third-order valence-electron chi connectivity index (χ3n) is 13.8. The molecular formula is C60H116O6. The van der Waals surface area contributed by atoms with Crippen LogP contribution in [0.25, 0.3) is 0 Å². The van der Waals surface area contributed by atoms with Gasteiger partial charge < -0.3 is 14.2 Å². The molecule has 0 aromatic carbocycles. The Morgan fingerprint density at radius 3 is 0.742 bits per heavy atom. The van der Waals surface area contributed by atoms with Gasteiger partial charge in [0.25, 0.3) is 0 Å². The van der Waals surface area contributed by atoms with Crippen LogP contribution in [-0.2, 0) is 28.6 Å². The molecule has 0 aromatic rings. The SMILES string of the molecule is CCCCCCCCCCCCCCCCCCCCC(=O)OC[C@H](COC(=O)CCCCCCCCCCCCCCCCCC(C)C)OC(=O)CCCCCCCCCCCCCC. The number of hydrogen-bond acceptors (Lipinski definition) is 6. The van der Waals surface area contributed by atoms with E-state index in [-0.39, 0.29) is 31.1 Å².